The highest BCUT2D eigenvalue weighted by Crippen LogP contribution is 2.11. The SMILES string of the molecule is Cc1nc([N+](=O)[O-])cn1CCC(=O)N(CCN)CCc1ccccc1. The van der Waals surface area contributed by atoms with E-state index in [0.717, 1.165) is 6.42 Å². The van der Waals surface area contributed by atoms with Crippen molar-refractivity contribution in [1.82, 2.24) is 14.5 Å². The lowest BCUT2D eigenvalue weighted by Crippen LogP contribution is -2.37. The molecular weight excluding hydrogens is 322 g/mol. The molecule has 0 saturated heterocycles. The lowest BCUT2D eigenvalue weighted by atomic mass is 10.1. The molecule has 0 aliphatic rings. The van der Waals surface area contributed by atoms with Gasteiger partial charge in [0, 0.05) is 39.5 Å². The summed E-state index contributed by atoms with van der Waals surface area (Å²) < 4.78 is 1.63. The third-order valence-electron chi connectivity index (χ3n) is 3.98. The smallest absolute Gasteiger partial charge is 0.358 e. The molecule has 1 aromatic heterocycles. The number of nitro groups is 1. The van der Waals surface area contributed by atoms with Crippen LogP contribution < -0.4 is 5.73 Å². The van der Waals surface area contributed by atoms with Gasteiger partial charge in [0.05, 0.1) is 0 Å². The number of amides is 1. The molecule has 0 saturated carbocycles. The van der Waals surface area contributed by atoms with Crippen LogP contribution in [0.4, 0.5) is 5.82 Å². The number of carbonyl (C=O) groups excluding carboxylic acids is 1. The number of nitrogens with zero attached hydrogens (tertiary/aromatic N) is 4. The van der Waals surface area contributed by atoms with E-state index in [1.807, 2.05) is 30.3 Å². The summed E-state index contributed by atoms with van der Waals surface area (Å²) in [5.74, 6) is 0.305. The predicted molar refractivity (Wildman–Crippen MR) is 94.0 cm³/mol. The van der Waals surface area contributed by atoms with E-state index in [9.17, 15) is 14.9 Å². The Morgan fingerprint density at radius 1 is 1.32 bits per heavy atom. The second-order valence-corrected chi connectivity index (χ2v) is 5.75. The Kier molecular flexibility index (Phi) is 6.64. The van der Waals surface area contributed by atoms with Gasteiger partial charge < -0.3 is 25.3 Å². The molecule has 0 atom stereocenters. The number of carbonyl (C=O) groups is 1. The first-order chi connectivity index (χ1) is 12.0. The number of imidazole rings is 1. The number of aromatic nitrogens is 2. The summed E-state index contributed by atoms with van der Waals surface area (Å²) in [6.07, 6.45) is 2.38. The largest absolute Gasteiger partial charge is 0.381 e. The Hall–Kier alpha value is -2.74. The fraction of sp³-hybridized carbons (Fsp3) is 0.412. The molecular formula is C17H23N5O3. The first-order valence-corrected chi connectivity index (χ1v) is 8.21. The van der Waals surface area contributed by atoms with E-state index in [-0.39, 0.29) is 18.1 Å². The van der Waals surface area contributed by atoms with E-state index in [1.165, 1.54) is 11.8 Å². The molecule has 0 bridgehead atoms. The Bertz CT molecular complexity index is 714. The van der Waals surface area contributed by atoms with Gasteiger partial charge in [0.25, 0.3) is 0 Å². The van der Waals surface area contributed by atoms with Gasteiger partial charge in [-0.15, -0.1) is 0 Å². The number of rotatable bonds is 9. The van der Waals surface area contributed by atoms with Gasteiger partial charge in [-0.1, -0.05) is 30.3 Å². The first-order valence-electron chi connectivity index (χ1n) is 8.21. The minimum atomic E-state index is -0.536. The number of benzene rings is 1. The van der Waals surface area contributed by atoms with Crippen LogP contribution in [0.25, 0.3) is 0 Å². The van der Waals surface area contributed by atoms with Crippen LogP contribution in [-0.2, 0) is 17.8 Å². The third-order valence-corrected chi connectivity index (χ3v) is 3.98. The Morgan fingerprint density at radius 2 is 2.04 bits per heavy atom. The van der Waals surface area contributed by atoms with Crippen molar-refractivity contribution in [3.63, 3.8) is 0 Å². The summed E-state index contributed by atoms with van der Waals surface area (Å²) in [5.41, 5.74) is 6.79. The van der Waals surface area contributed by atoms with Gasteiger partial charge in [-0.05, 0) is 21.9 Å². The van der Waals surface area contributed by atoms with E-state index in [4.69, 9.17) is 5.73 Å². The second-order valence-electron chi connectivity index (χ2n) is 5.75. The van der Waals surface area contributed by atoms with Crippen LogP contribution >= 0.6 is 0 Å². The second kappa shape index (κ2) is 8.93. The molecule has 1 amide bonds. The zero-order valence-corrected chi connectivity index (χ0v) is 14.3. The molecule has 2 aromatic rings. The van der Waals surface area contributed by atoms with Crippen molar-refractivity contribution in [2.45, 2.75) is 26.3 Å². The molecule has 8 heteroatoms. The number of hydrogen-bond acceptors (Lipinski definition) is 5. The van der Waals surface area contributed by atoms with Gasteiger partial charge in [0.15, 0.2) is 0 Å². The summed E-state index contributed by atoms with van der Waals surface area (Å²) in [7, 11) is 0. The molecule has 0 radical (unpaired) electrons. The van der Waals surface area contributed by atoms with Gasteiger partial charge in [0.2, 0.25) is 11.7 Å². The highest BCUT2D eigenvalue weighted by atomic mass is 16.6. The van der Waals surface area contributed by atoms with Crippen molar-refractivity contribution < 1.29 is 9.72 Å². The molecule has 0 aliphatic carbocycles. The van der Waals surface area contributed by atoms with Crippen LogP contribution in [0, 0.1) is 17.0 Å². The van der Waals surface area contributed by atoms with E-state index >= 15 is 0 Å². The molecule has 134 valence electrons. The fourth-order valence-electron chi connectivity index (χ4n) is 2.61. The molecule has 0 aliphatic heterocycles. The number of hydrogen-bond donors (Lipinski definition) is 1. The van der Waals surface area contributed by atoms with E-state index in [0.29, 0.717) is 32.0 Å². The molecule has 8 nitrogen and oxygen atoms in total. The maximum absolute atomic E-state index is 12.5. The van der Waals surface area contributed by atoms with Crippen LogP contribution in [0.1, 0.15) is 17.8 Å². The summed E-state index contributed by atoms with van der Waals surface area (Å²) >= 11 is 0. The molecule has 0 unspecified atom stereocenters. The highest BCUT2D eigenvalue weighted by molar-refractivity contribution is 5.76. The first kappa shape index (κ1) is 18.6. The number of nitrogens with two attached hydrogens (primary N) is 1. The molecule has 1 heterocycles. The van der Waals surface area contributed by atoms with Crippen molar-refractivity contribution in [2.75, 3.05) is 19.6 Å². The molecule has 25 heavy (non-hydrogen) atoms. The summed E-state index contributed by atoms with van der Waals surface area (Å²) in [6, 6.07) is 9.95. The molecule has 2 rings (SSSR count). The Labute approximate surface area is 146 Å². The standard InChI is InChI=1S/C17H23N5O3/c1-14-19-16(22(24)25)13-21(14)11-8-17(23)20(12-9-18)10-7-15-5-3-2-4-6-15/h2-6,13H,7-12,18H2,1H3. The topological polar surface area (TPSA) is 107 Å². The molecule has 1 aromatic carbocycles. The normalized spacial score (nSPS) is 10.6. The average molecular weight is 345 g/mol. The number of aryl methyl sites for hydroxylation is 2. The molecule has 2 N–H and O–H groups in total. The van der Waals surface area contributed by atoms with Crippen molar-refractivity contribution in [1.29, 1.82) is 0 Å². The zero-order valence-electron chi connectivity index (χ0n) is 14.3. The minimum absolute atomic E-state index is 0.0165. The summed E-state index contributed by atoms with van der Waals surface area (Å²) in [6.45, 7) is 3.54. The van der Waals surface area contributed by atoms with E-state index in [1.54, 1.807) is 16.4 Å². The summed E-state index contributed by atoms with van der Waals surface area (Å²) in [5, 5.41) is 10.8. The summed E-state index contributed by atoms with van der Waals surface area (Å²) in [4.78, 5) is 28.3. The van der Waals surface area contributed by atoms with Crippen molar-refractivity contribution in [3.05, 3.63) is 58.0 Å². The van der Waals surface area contributed by atoms with Crippen LogP contribution in [0.3, 0.4) is 0 Å². The van der Waals surface area contributed by atoms with Crippen LogP contribution in [-0.4, -0.2) is 44.9 Å². The lowest BCUT2D eigenvalue weighted by molar-refractivity contribution is -0.389. The zero-order chi connectivity index (χ0) is 18.2. The van der Waals surface area contributed by atoms with Crippen molar-refractivity contribution in [2.24, 2.45) is 5.73 Å². The van der Waals surface area contributed by atoms with E-state index < -0.39 is 4.92 Å². The van der Waals surface area contributed by atoms with Gasteiger partial charge >= 0.3 is 5.82 Å². The predicted octanol–water partition coefficient (Wildman–Crippen LogP) is 1.52. The highest BCUT2D eigenvalue weighted by Gasteiger charge is 2.17. The maximum Gasteiger partial charge on any atom is 0.381 e. The Morgan fingerprint density at radius 3 is 2.64 bits per heavy atom. The van der Waals surface area contributed by atoms with Gasteiger partial charge in [-0.2, -0.15) is 0 Å². The van der Waals surface area contributed by atoms with Gasteiger partial charge in [-0.25, -0.2) is 0 Å². The molecule has 0 spiro atoms. The third kappa shape index (κ3) is 5.39. The lowest BCUT2D eigenvalue weighted by Gasteiger charge is -2.22. The van der Waals surface area contributed by atoms with Crippen LogP contribution in [0.2, 0.25) is 0 Å². The monoisotopic (exact) mass is 345 g/mol. The fourth-order valence-corrected chi connectivity index (χ4v) is 2.61. The minimum Gasteiger partial charge on any atom is -0.358 e. The average Bonchev–Trinajstić information content (AvgIpc) is 2.98. The quantitative estimate of drug-likeness (QED) is 0.548. The van der Waals surface area contributed by atoms with E-state index in [2.05, 4.69) is 4.98 Å². The Balaban J connectivity index is 1.92. The molecule has 0 fully saturated rings. The van der Waals surface area contributed by atoms with Gasteiger partial charge in [0.1, 0.15) is 6.20 Å². The van der Waals surface area contributed by atoms with Crippen molar-refractivity contribution in [3.8, 4) is 0 Å². The van der Waals surface area contributed by atoms with Gasteiger partial charge in [-0.3, -0.25) is 4.79 Å². The van der Waals surface area contributed by atoms with Crippen LogP contribution in [0.15, 0.2) is 36.5 Å². The van der Waals surface area contributed by atoms with Crippen molar-refractivity contribution >= 4 is 11.7 Å². The maximum atomic E-state index is 12.5. The van der Waals surface area contributed by atoms with Crippen LogP contribution in [0.5, 0.6) is 0 Å².